The number of carbonyl (C=O) groups excluding carboxylic acids is 1. The monoisotopic (exact) mass is 287 g/mol. The van der Waals surface area contributed by atoms with Gasteiger partial charge in [-0.25, -0.2) is 9.78 Å². The van der Waals surface area contributed by atoms with Gasteiger partial charge < -0.3 is 14.8 Å². The molecule has 0 aliphatic heterocycles. The van der Waals surface area contributed by atoms with Crippen LogP contribution in [0.4, 0.5) is 5.82 Å². The second kappa shape index (κ2) is 7.23. The average molecular weight is 287 g/mol. The van der Waals surface area contributed by atoms with Crippen molar-refractivity contribution in [3.05, 3.63) is 47.9 Å². The first-order valence-corrected chi connectivity index (χ1v) is 6.50. The Morgan fingerprint density at radius 3 is 2.62 bits per heavy atom. The third kappa shape index (κ3) is 4.17. The van der Waals surface area contributed by atoms with Gasteiger partial charge in [-0.1, -0.05) is 12.1 Å². The molecule has 0 radical (unpaired) electrons. The van der Waals surface area contributed by atoms with Crippen LogP contribution in [-0.2, 0) is 11.2 Å². The van der Waals surface area contributed by atoms with E-state index in [0.29, 0.717) is 12.4 Å². The van der Waals surface area contributed by atoms with Crippen molar-refractivity contribution in [1.29, 1.82) is 0 Å². The standard InChI is InChI=1S/C15H17N3O3/c1-20-12-5-3-11(4-6-12)7-8-17-14-10-16-9-13(18-14)15(19)21-2/h3-6,9-10H,7-8H2,1-2H3,(H,17,18). The molecule has 1 heterocycles. The van der Waals surface area contributed by atoms with Crippen LogP contribution in [0.3, 0.4) is 0 Å². The fourth-order valence-corrected chi connectivity index (χ4v) is 1.78. The van der Waals surface area contributed by atoms with E-state index in [0.717, 1.165) is 12.2 Å². The Bertz CT molecular complexity index is 599. The zero-order valence-corrected chi connectivity index (χ0v) is 12.0. The summed E-state index contributed by atoms with van der Waals surface area (Å²) in [6.07, 6.45) is 3.77. The average Bonchev–Trinajstić information content (AvgIpc) is 2.55. The van der Waals surface area contributed by atoms with Crippen molar-refractivity contribution in [3.63, 3.8) is 0 Å². The van der Waals surface area contributed by atoms with E-state index >= 15 is 0 Å². The lowest BCUT2D eigenvalue weighted by atomic mass is 10.1. The number of rotatable bonds is 6. The van der Waals surface area contributed by atoms with E-state index in [1.54, 1.807) is 13.3 Å². The molecule has 1 N–H and O–H groups in total. The normalized spacial score (nSPS) is 10.0. The van der Waals surface area contributed by atoms with Gasteiger partial charge in [0.15, 0.2) is 5.69 Å². The van der Waals surface area contributed by atoms with Gasteiger partial charge in [0.1, 0.15) is 11.6 Å². The number of nitrogens with one attached hydrogen (secondary N) is 1. The second-order valence-electron chi connectivity index (χ2n) is 4.31. The van der Waals surface area contributed by atoms with Crippen LogP contribution in [0, 0.1) is 0 Å². The van der Waals surface area contributed by atoms with Gasteiger partial charge in [0.2, 0.25) is 0 Å². The summed E-state index contributed by atoms with van der Waals surface area (Å²) in [5.41, 5.74) is 1.37. The number of hydrogen-bond acceptors (Lipinski definition) is 6. The summed E-state index contributed by atoms with van der Waals surface area (Å²) < 4.78 is 9.72. The first-order chi connectivity index (χ1) is 10.2. The number of ether oxygens (including phenoxy) is 2. The van der Waals surface area contributed by atoms with Gasteiger partial charge in [0.25, 0.3) is 0 Å². The molecule has 0 bridgehead atoms. The van der Waals surface area contributed by atoms with E-state index in [9.17, 15) is 4.79 Å². The van der Waals surface area contributed by atoms with Crippen molar-refractivity contribution in [1.82, 2.24) is 9.97 Å². The van der Waals surface area contributed by atoms with E-state index < -0.39 is 5.97 Å². The molecule has 0 fully saturated rings. The predicted octanol–water partition coefficient (Wildman–Crippen LogP) is 1.93. The molecule has 21 heavy (non-hydrogen) atoms. The summed E-state index contributed by atoms with van der Waals surface area (Å²) in [6.45, 7) is 0.686. The molecule has 0 aliphatic carbocycles. The van der Waals surface area contributed by atoms with Gasteiger partial charge in [-0.15, -0.1) is 0 Å². The number of anilines is 1. The van der Waals surface area contributed by atoms with Crippen molar-refractivity contribution >= 4 is 11.8 Å². The van der Waals surface area contributed by atoms with Crippen LogP contribution in [0.15, 0.2) is 36.7 Å². The second-order valence-corrected chi connectivity index (χ2v) is 4.31. The minimum Gasteiger partial charge on any atom is -0.497 e. The topological polar surface area (TPSA) is 73.3 Å². The molecule has 0 atom stereocenters. The molecule has 2 rings (SSSR count). The molecule has 0 spiro atoms. The Hall–Kier alpha value is -2.63. The summed E-state index contributed by atoms with van der Waals surface area (Å²) in [4.78, 5) is 19.5. The van der Waals surface area contributed by atoms with Crippen LogP contribution in [0.1, 0.15) is 16.1 Å². The van der Waals surface area contributed by atoms with E-state index in [1.807, 2.05) is 24.3 Å². The maximum absolute atomic E-state index is 11.4. The Morgan fingerprint density at radius 1 is 1.19 bits per heavy atom. The van der Waals surface area contributed by atoms with Crippen molar-refractivity contribution in [3.8, 4) is 5.75 Å². The highest BCUT2D eigenvalue weighted by atomic mass is 16.5. The lowest BCUT2D eigenvalue weighted by Gasteiger charge is -2.07. The lowest BCUT2D eigenvalue weighted by molar-refractivity contribution is 0.0593. The number of nitrogens with zero attached hydrogens (tertiary/aromatic N) is 2. The molecule has 0 saturated carbocycles. The van der Waals surface area contributed by atoms with Crippen LogP contribution in [0.5, 0.6) is 5.75 Å². The van der Waals surface area contributed by atoms with E-state index in [1.165, 1.54) is 18.9 Å². The van der Waals surface area contributed by atoms with Gasteiger partial charge >= 0.3 is 5.97 Å². The van der Waals surface area contributed by atoms with E-state index in [-0.39, 0.29) is 5.69 Å². The largest absolute Gasteiger partial charge is 0.497 e. The zero-order chi connectivity index (χ0) is 15.1. The Kier molecular flexibility index (Phi) is 5.09. The third-order valence-electron chi connectivity index (χ3n) is 2.91. The molecule has 0 amide bonds. The first kappa shape index (κ1) is 14.8. The number of esters is 1. The van der Waals surface area contributed by atoms with Crippen molar-refractivity contribution in [2.75, 3.05) is 26.1 Å². The van der Waals surface area contributed by atoms with Crippen LogP contribution in [0.25, 0.3) is 0 Å². The number of benzene rings is 1. The molecular weight excluding hydrogens is 270 g/mol. The predicted molar refractivity (Wildman–Crippen MR) is 78.6 cm³/mol. The maximum atomic E-state index is 11.4. The number of hydrogen-bond donors (Lipinski definition) is 1. The summed E-state index contributed by atoms with van der Waals surface area (Å²) in [5.74, 6) is 0.885. The molecule has 1 aromatic heterocycles. The lowest BCUT2D eigenvalue weighted by Crippen LogP contribution is -2.10. The van der Waals surface area contributed by atoms with Crippen molar-refractivity contribution in [2.24, 2.45) is 0 Å². The van der Waals surface area contributed by atoms with Gasteiger partial charge in [-0.3, -0.25) is 4.98 Å². The fourth-order valence-electron chi connectivity index (χ4n) is 1.78. The number of methoxy groups -OCH3 is 2. The summed E-state index contributed by atoms with van der Waals surface area (Å²) >= 11 is 0. The van der Waals surface area contributed by atoms with Crippen LogP contribution < -0.4 is 10.1 Å². The zero-order valence-electron chi connectivity index (χ0n) is 12.0. The molecule has 1 aromatic carbocycles. The van der Waals surface area contributed by atoms with Crippen molar-refractivity contribution < 1.29 is 14.3 Å². The summed E-state index contributed by atoms with van der Waals surface area (Å²) in [6, 6.07) is 7.87. The Balaban J connectivity index is 1.89. The van der Waals surface area contributed by atoms with Crippen LogP contribution in [0.2, 0.25) is 0 Å². The molecule has 110 valence electrons. The quantitative estimate of drug-likeness (QED) is 0.818. The van der Waals surface area contributed by atoms with Crippen molar-refractivity contribution in [2.45, 2.75) is 6.42 Å². The number of aromatic nitrogens is 2. The SMILES string of the molecule is COC(=O)c1cncc(NCCc2ccc(OC)cc2)n1. The number of carbonyl (C=O) groups is 1. The fraction of sp³-hybridized carbons (Fsp3) is 0.267. The molecular formula is C15H17N3O3. The minimum absolute atomic E-state index is 0.187. The molecule has 0 saturated heterocycles. The Labute approximate surface area is 123 Å². The molecule has 2 aromatic rings. The summed E-state index contributed by atoms with van der Waals surface area (Å²) in [7, 11) is 2.96. The van der Waals surface area contributed by atoms with Crippen LogP contribution in [-0.4, -0.2) is 36.7 Å². The smallest absolute Gasteiger partial charge is 0.358 e. The van der Waals surface area contributed by atoms with E-state index in [4.69, 9.17) is 4.74 Å². The van der Waals surface area contributed by atoms with E-state index in [2.05, 4.69) is 20.0 Å². The molecule has 0 unspecified atom stereocenters. The van der Waals surface area contributed by atoms with Gasteiger partial charge in [0.05, 0.1) is 26.6 Å². The van der Waals surface area contributed by atoms with Crippen LogP contribution >= 0.6 is 0 Å². The maximum Gasteiger partial charge on any atom is 0.358 e. The summed E-state index contributed by atoms with van der Waals surface area (Å²) in [5, 5.41) is 3.13. The van der Waals surface area contributed by atoms with Gasteiger partial charge in [-0.2, -0.15) is 0 Å². The molecule has 6 heteroatoms. The van der Waals surface area contributed by atoms with Gasteiger partial charge in [0, 0.05) is 6.54 Å². The highest BCUT2D eigenvalue weighted by Gasteiger charge is 2.08. The highest BCUT2D eigenvalue weighted by molar-refractivity contribution is 5.87. The molecule has 0 aliphatic rings. The first-order valence-electron chi connectivity index (χ1n) is 6.50. The minimum atomic E-state index is -0.499. The highest BCUT2D eigenvalue weighted by Crippen LogP contribution is 2.12. The van der Waals surface area contributed by atoms with Gasteiger partial charge in [-0.05, 0) is 24.1 Å². The molecule has 6 nitrogen and oxygen atoms in total. The Morgan fingerprint density at radius 2 is 1.95 bits per heavy atom. The third-order valence-corrected chi connectivity index (χ3v) is 2.91.